The number of rotatable bonds is 3. The van der Waals surface area contributed by atoms with E-state index in [1.165, 1.54) is 4.31 Å². The second kappa shape index (κ2) is 5.52. The molecule has 0 radical (unpaired) electrons. The zero-order valence-electron chi connectivity index (χ0n) is 11.1. The zero-order chi connectivity index (χ0) is 14.2. The molecule has 6 heteroatoms. The number of nitrogens with zero attached hydrogens (tertiary/aromatic N) is 1. The standard InChI is InChI=1S/C13H19BrN2O2S/c1-9-3-4-13(12(14)7-9)19(17,18)16-6-5-11(8-16)10(2)15/h3-4,7,10-11H,5-6,8,15H2,1-2H3. The van der Waals surface area contributed by atoms with Gasteiger partial charge in [0.1, 0.15) is 0 Å². The van der Waals surface area contributed by atoms with E-state index in [9.17, 15) is 8.42 Å². The van der Waals surface area contributed by atoms with Crippen LogP contribution < -0.4 is 5.73 Å². The Morgan fingerprint density at radius 3 is 2.68 bits per heavy atom. The molecule has 0 aromatic heterocycles. The van der Waals surface area contributed by atoms with Crippen LogP contribution in [0.15, 0.2) is 27.6 Å². The van der Waals surface area contributed by atoms with Crippen LogP contribution in [0, 0.1) is 12.8 Å². The molecule has 19 heavy (non-hydrogen) atoms. The van der Waals surface area contributed by atoms with Gasteiger partial charge in [-0.15, -0.1) is 0 Å². The molecule has 0 spiro atoms. The lowest BCUT2D eigenvalue weighted by atomic mass is 10.0. The average molecular weight is 347 g/mol. The summed E-state index contributed by atoms with van der Waals surface area (Å²) in [6.07, 6.45) is 0.834. The lowest BCUT2D eigenvalue weighted by molar-refractivity contribution is 0.429. The van der Waals surface area contributed by atoms with E-state index >= 15 is 0 Å². The molecule has 0 saturated carbocycles. The number of benzene rings is 1. The minimum atomic E-state index is -3.42. The summed E-state index contributed by atoms with van der Waals surface area (Å²) in [5.41, 5.74) is 6.89. The third-order valence-electron chi connectivity index (χ3n) is 3.64. The largest absolute Gasteiger partial charge is 0.328 e. The summed E-state index contributed by atoms with van der Waals surface area (Å²) >= 11 is 3.34. The van der Waals surface area contributed by atoms with E-state index in [0.717, 1.165) is 12.0 Å². The quantitative estimate of drug-likeness (QED) is 0.911. The van der Waals surface area contributed by atoms with Crippen LogP contribution in [-0.2, 0) is 10.0 Å². The monoisotopic (exact) mass is 346 g/mol. The summed E-state index contributed by atoms with van der Waals surface area (Å²) in [4.78, 5) is 0.337. The normalized spacial score (nSPS) is 22.6. The topological polar surface area (TPSA) is 63.4 Å². The molecule has 0 bridgehead atoms. The van der Waals surface area contributed by atoms with Gasteiger partial charge in [0, 0.05) is 23.6 Å². The summed E-state index contributed by atoms with van der Waals surface area (Å²) in [6.45, 7) is 4.93. The second-order valence-corrected chi connectivity index (χ2v) is 7.97. The molecule has 2 N–H and O–H groups in total. The van der Waals surface area contributed by atoms with Crippen LogP contribution in [-0.4, -0.2) is 31.9 Å². The molecule has 1 aromatic carbocycles. The van der Waals surface area contributed by atoms with Gasteiger partial charge >= 0.3 is 0 Å². The van der Waals surface area contributed by atoms with Gasteiger partial charge in [-0.3, -0.25) is 0 Å². The molecule has 2 atom stereocenters. The molecule has 4 nitrogen and oxygen atoms in total. The minimum absolute atomic E-state index is 0.0293. The highest BCUT2D eigenvalue weighted by molar-refractivity contribution is 9.10. The van der Waals surface area contributed by atoms with Crippen molar-refractivity contribution in [3.63, 3.8) is 0 Å². The van der Waals surface area contributed by atoms with Crippen molar-refractivity contribution in [2.45, 2.75) is 31.2 Å². The highest BCUT2D eigenvalue weighted by Crippen LogP contribution is 2.30. The lowest BCUT2D eigenvalue weighted by Gasteiger charge is -2.19. The van der Waals surface area contributed by atoms with Crippen molar-refractivity contribution in [3.8, 4) is 0 Å². The van der Waals surface area contributed by atoms with Crippen LogP contribution in [0.5, 0.6) is 0 Å². The number of halogens is 1. The fourth-order valence-corrected chi connectivity index (χ4v) is 5.02. The maximum atomic E-state index is 12.6. The van der Waals surface area contributed by atoms with Gasteiger partial charge in [0.2, 0.25) is 10.0 Å². The molecule has 0 amide bonds. The van der Waals surface area contributed by atoms with E-state index in [1.54, 1.807) is 6.07 Å². The molecule has 1 heterocycles. The van der Waals surface area contributed by atoms with Crippen LogP contribution in [0.25, 0.3) is 0 Å². The average Bonchev–Trinajstić information content (AvgIpc) is 2.78. The Labute approximate surface area is 123 Å². The van der Waals surface area contributed by atoms with Gasteiger partial charge in [-0.1, -0.05) is 6.07 Å². The van der Waals surface area contributed by atoms with Crippen LogP contribution in [0.3, 0.4) is 0 Å². The Balaban J connectivity index is 2.29. The number of aryl methyl sites for hydroxylation is 1. The Hall–Kier alpha value is -0.430. The first-order valence-electron chi connectivity index (χ1n) is 6.34. The molecule has 106 valence electrons. The first kappa shape index (κ1) is 15.0. The molecule has 2 unspecified atom stereocenters. The molecule has 1 saturated heterocycles. The van der Waals surface area contributed by atoms with E-state index in [-0.39, 0.29) is 12.0 Å². The number of hydrogen-bond donors (Lipinski definition) is 1. The number of nitrogens with two attached hydrogens (primary N) is 1. The predicted molar refractivity (Wildman–Crippen MR) is 79.4 cm³/mol. The van der Waals surface area contributed by atoms with E-state index in [4.69, 9.17) is 5.73 Å². The van der Waals surface area contributed by atoms with Gasteiger partial charge in [0.15, 0.2) is 0 Å². The Bertz CT molecular complexity index is 572. The van der Waals surface area contributed by atoms with Crippen molar-refractivity contribution in [2.24, 2.45) is 11.7 Å². The Morgan fingerprint density at radius 2 is 2.16 bits per heavy atom. The zero-order valence-corrected chi connectivity index (χ0v) is 13.5. The van der Waals surface area contributed by atoms with Crippen molar-refractivity contribution >= 4 is 26.0 Å². The molecule has 1 aliphatic heterocycles. The fraction of sp³-hybridized carbons (Fsp3) is 0.538. The summed E-state index contributed by atoms with van der Waals surface area (Å²) < 4.78 is 27.3. The van der Waals surface area contributed by atoms with Gasteiger partial charge in [0.05, 0.1) is 4.90 Å². The highest BCUT2D eigenvalue weighted by Gasteiger charge is 2.34. The van der Waals surface area contributed by atoms with Crippen LogP contribution in [0.4, 0.5) is 0 Å². The van der Waals surface area contributed by atoms with Gasteiger partial charge < -0.3 is 5.73 Å². The first-order valence-corrected chi connectivity index (χ1v) is 8.57. The molecule has 0 aliphatic carbocycles. The van der Waals surface area contributed by atoms with E-state index in [1.807, 2.05) is 26.0 Å². The summed E-state index contributed by atoms with van der Waals surface area (Å²) in [5, 5.41) is 0. The number of sulfonamides is 1. The lowest BCUT2D eigenvalue weighted by Crippen LogP contribution is -2.33. The SMILES string of the molecule is Cc1ccc(S(=O)(=O)N2CCC(C(C)N)C2)c(Br)c1. The maximum absolute atomic E-state index is 12.6. The van der Waals surface area contributed by atoms with Crippen molar-refractivity contribution in [1.82, 2.24) is 4.31 Å². The van der Waals surface area contributed by atoms with Gasteiger partial charge in [-0.2, -0.15) is 4.31 Å². The maximum Gasteiger partial charge on any atom is 0.244 e. The third kappa shape index (κ3) is 3.02. The Morgan fingerprint density at radius 1 is 1.47 bits per heavy atom. The van der Waals surface area contributed by atoms with Crippen molar-refractivity contribution in [2.75, 3.05) is 13.1 Å². The second-order valence-electron chi connectivity index (χ2n) is 5.20. The van der Waals surface area contributed by atoms with Crippen LogP contribution in [0.1, 0.15) is 18.9 Å². The van der Waals surface area contributed by atoms with Gasteiger partial charge in [-0.05, 0) is 59.8 Å². The smallest absolute Gasteiger partial charge is 0.244 e. The molecular weight excluding hydrogens is 328 g/mol. The molecule has 2 rings (SSSR count). The fourth-order valence-electron chi connectivity index (χ4n) is 2.36. The molecular formula is C13H19BrN2O2S. The summed E-state index contributed by atoms with van der Waals surface area (Å²) in [7, 11) is -3.42. The van der Waals surface area contributed by atoms with Crippen LogP contribution >= 0.6 is 15.9 Å². The summed E-state index contributed by atoms with van der Waals surface area (Å²) in [5.74, 6) is 0.249. The van der Waals surface area contributed by atoms with Gasteiger partial charge in [-0.25, -0.2) is 8.42 Å². The molecule has 1 aliphatic rings. The van der Waals surface area contributed by atoms with Crippen LogP contribution in [0.2, 0.25) is 0 Å². The molecule has 1 aromatic rings. The Kier molecular flexibility index (Phi) is 4.35. The highest BCUT2D eigenvalue weighted by atomic mass is 79.9. The van der Waals surface area contributed by atoms with Crippen molar-refractivity contribution in [1.29, 1.82) is 0 Å². The number of hydrogen-bond acceptors (Lipinski definition) is 3. The van der Waals surface area contributed by atoms with Crippen molar-refractivity contribution in [3.05, 3.63) is 28.2 Å². The predicted octanol–water partition coefficient (Wildman–Crippen LogP) is 2.12. The van der Waals surface area contributed by atoms with E-state index < -0.39 is 10.0 Å². The molecule has 1 fully saturated rings. The van der Waals surface area contributed by atoms with E-state index in [2.05, 4.69) is 15.9 Å². The third-order valence-corrected chi connectivity index (χ3v) is 6.48. The minimum Gasteiger partial charge on any atom is -0.328 e. The first-order chi connectivity index (χ1) is 8.82. The van der Waals surface area contributed by atoms with Gasteiger partial charge in [0.25, 0.3) is 0 Å². The van der Waals surface area contributed by atoms with E-state index in [0.29, 0.717) is 22.5 Å². The summed E-state index contributed by atoms with van der Waals surface area (Å²) in [6, 6.07) is 5.33. The van der Waals surface area contributed by atoms with Crippen molar-refractivity contribution < 1.29 is 8.42 Å².